The van der Waals surface area contributed by atoms with Gasteiger partial charge in [-0.2, -0.15) is 0 Å². The maximum atomic E-state index is 5.37. The molecule has 1 aromatic heterocycles. The van der Waals surface area contributed by atoms with Crippen LogP contribution in [0.3, 0.4) is 0 Å². The smallest absolute Gasteiger partial charge is 0.128 e. The molecule has 0 radical (unpaired) electrons. The molecule has 0 N–H and O–H groups in total. The number of hydrogen-bond acceptors (Lipinski definition) is 2. The van der Waals surface area contributed by atoms with Gasteiger partial charge in [0, 0.05) is 23.0 Å². The summed E-state index contributed by atoms with van der Waals surface area (Å²) in [5.74, 6) is 1.01. The number of aryl methyl sites for hydroxylation is 2. The van der Waals surface area contributed by atoms with E-state index in [0.717, 1.165) is 29.8 Å². The van der Waals surface area contributed by atoms with Gasteiger partial charge in [-0.1, -0.05) is 13.3 Å². The number of pyridine rings is 1. The number of ether oxygens (including phenoxy) is 1. The van der Waals surface area contributed by atoms with Crippen molar-refractivity contribution in [3.05, 3.63) is 23.0 Å². The Morgan fingerprint density at radius 2 is 2.08 bits per heavy atom. The van der Waals surface area contributed by atoms with Gasteiger partial charge in [0.05, 0.1) is 7.11 Å². The Bertz CT molecular complexity index is 294. The average molecular weight is 179 g/mol. The molecule has 0 aliphatic carbocycles. The minimum absolute atomic E-state index is 1.01. The fourth-order valence-corrected chi connectivity index (χ4v) is 1.47. The molecule has 0 fully saturated rings. The molecule has 0 aromatic carbocycles. The molecule has 2 heteroatoms. The summed E-state index contributed by atoms with van der Waals surface area (Å²) in [5, 5.41) is 0. The standard InChI is InChI=1S/C11H17NO/c1-5-6-10-7-12-9(3)8(2)11(10)13-4/h7H,5-6H2,1-4H3. The Morgan fingerprint density at radius 1 is 1.38 bits per heavy atom. The molecule has 13 heavy (non-hydrogen) atoms. The van der Waals surface area contributed by atoms with Crippen LogP contribution >= 0.6 is 0 Å². The van der Waals surface area contributed by atoms with Crippen molar-refractivity contribution >= 4 is 0 Å². The lowest BCUT2D eigenvalue weighted by Crippen LogP contribution is -1.98. The van der Waals surface area contributed by atoms with E-state index in [1.54, 1.807) is 7.11 Å². The Balaban J connectivity index is 3.13. The quantitative estimate of drug-likeness (QED) is 0.711. The molecule has 2 nitrogen and oxygen atoms in total. The largest absolute Gasteiger partial charge is 0.496 e. The van der Waals surface area contributed by atoms with Crippen molar-refractivity contribution in [3.63, 3.8) is 0 Å². The van der Waals surface area contributed by atoms with Crippen LogP contribution < -0.4 is 4.74 Å². The molecule has 0 bridgehead atoms. The van der Waals surface area contributed by atoms with E-state index < -0.39 is 0 Å². The predicted molar refractivity (Wildman–Crippen MR) is 54.3 cm³/mol. The van der Waals surface area contributed by atoms with Gasteiger partial charge < -0.3 is 4.74 Å². The Labute approximate surface area is 80.0 Å². The van der Waals surface area contributed by atoms with Crippen LogP contribution in [0, 0.1) is 13.8 Å². The van der Waals surface area contributed by atoms with E-state index in [4.69, 9.17) is 4.74 Å². The summed E-state index contributed by atoms with van der Waals surface area (Å²) in [4.78, 5) is 4.33. The second-order valence-corrected chi connectivity index (χ2v) is 3.28. The van der Waals surface area contributed by atoms with Crippen molar-refractivity contribution in [2.24, 2.45) is 0 Å². The molecule has 0 aliphatic rings. The second kappa shape index (κ2) is 4.26. The van der Waals surface area contributed by atoms with Crippen LogP contribution in [0.25, 0.3) is 0 Å². The van der Waals surface area contributed by atoms with Gasteiger partial charge in [0.1, 0.15) is 5.75 Å². The molecule has 1 rings (SSSR count). The van der Waals surface area contributed by atoms with Gasteiger partial charge in [-0.05, 0) is 20.3 Å². The molecule has 0 saturated heterocycles. The van der Waals surface area contributed by atoms with Crippen LogP contribution in [0.15, 0.2) is 6.20 Å². The van der Waals surface area contributed by atoms with Crippen LogP contribution in [0.5, 0.6) is 5.75 Å². The van der Waals surface area contributed by atoms with E-state index in [-0.39, 0.29) is 0 Å². The molecule has 0 spiro atoms. The first-order valence-corrected chi connectivity index (χ1v) is 4.69. The summed E-state index contributed by atoms with van der Waals surface area (Å²) < 4.78 is 5.37. The fraction of sp³-hybridized carbons (Fsp3) is 0.545. The number of methoxy groups -OCH3 is 1. The van der Waals surface area contributed by atoms with Crippen molar-refractivity contribution in [2.75, 3.05) is 7.11 Å². The van der Waals surface area contributed by atoms with Crippen LogP contribution in [-0.4, -0.2) is 12.1 Å². The lowest BCUT2D eigenvalue weighted by atomic mass is 10.1. The first-order valence-electron chi connectivity index (χ1n) is 4.69. The summed E-state index contributed by atoms with van der Waals surface area (Å²) >= 11 is 0. The molecule has 0 unspecified atom stereocenters. The zero-order valence-electron chi connectivity index (χ0n) is 8.85. The van der Waals surface area contributed by atoms with Gasteiger partial charge >= 0.3 is 0 Å². The molecule has 0 amide bonds. The van der Waals surface area contributed by atoms with Gasteiger partial charge in [0.2, 0.25) is 0 Å². The highest BCUT2D eigenvalue weighted by molar-refractivity contribution is 5.41. The van der Waals surface area contributed by atoms with Gasteiger partial charge in [0.15, 0.2) is 0 Å². The first-order chi connectivity index (χ1) is 6.20. The highest BCUT2D eigenvalue weighted by Gasteiger charge is 2.08. The zero-order valence-corrected chi connectivity index (χ0v) is 8.85. The Kier molecular flexibility index (Phi) is 3.29. The molecular weight excluding hydrogens is 162 g/mol. The molecule has 1 aromatic rings. The summed E-state index contributed by atoms with van der Waals surface area (Å²) in [7, 11) is 1.72. The molecule has 0 atom stereocenters. The van der Waals surface area contributed by atoms with Gasteiger partial charge in [-0.25, -0.2) is 0 Å². The average Bonchev–Trinajstić information content (AvgIpc) is 2.12. The van der Waals surface area contributed by atoms with Gasteiger partial charge in [0.25, 0.3) is 0 Å². The summed E-state index contributed by atoms with van der Waals surface area (Å²) in [6.07, 6.45) is 4.09. The number of nitrogens with zero attached hydrogens (tertiary/aromatic N) is 1. The van der Waals surface area contributed by atoms with Crippen LogP contribution in [0.4, 0.5) is 0 Å². The molecule has 1 heterocycles. The van der Waals surface area contributed by atoms with E-state index in [1.807, 2.05) is 13.1 Å². The topological polar surface area (TPSA) is 22.1 Å². The highest BCUT2D eigenvalue weighted by atomic mass is 16.5. The third-order valence-corrected chi connectivity index (χ3v) is 2.31. The van der Waals surface area contributed by atoms with Crippen LogP contribution in [0.2, 0.25) is 0 Å². The van der Waals surface area contributed by atoms with E-state index >= 15 is 0 Å². The lowest BCUT2D eigenvalue weighted by Gasteiger charge is -2.11. The van der Waals surface area contributed by atoms with E-state index in [9.17, 15) is 0 Å². The van der Waals surface area contributed by atoms with Gasteiger partial charge in [-0.3, -0.25) is 4.98 Å². The minimum atomic E-state index is 1.01. The molecule has 72 valence electrons. The zero-order chi connectivity index (χ0) is 9.84. The van der Waals surface area contributed by atoms with Crippen molar-refractivity contribution in [3.8, 4) is 5.75 Å². The van der Waals surface area contributed by atoms with Crippen molar-refractivity contribution in [1.82, 2.24) is 4.98 Å². The molecular formula is C11H17NO. The fourth-order valence-electron chi connectivity index (χ4n) is 1.47. The molecule has 0 saturated carbocycles. The monoisotopic (exact) mass is 179 g/mol. The number of aromatic nitrogens is 1. The van der Waals surface area contributed by atoms with Crippen molar-refractivity contribution < 1.29 is 4.74 Å². The first kappa shape index (κ1) is 10.0. The Hall–Kier alpha value is -1.05. The van der Waals surface area contributed by atoms with Crippen molar-refractivity contribution in [1.29, 1.82) is 0 Å². The van der Waals surface area contributed by atoms with E-state index in [0.29, 0.717) is 0 Å². The predicted octanol–water partition coefficient (Wildman–Crippen LogP) is 2.66. The van der Waals surface area contributed by atoms with E-state index in [1.165, 1.54) is 5.56 Å². The van der Waals surface area contributed by atoms with E-state index in [2.05, 4.69) is 18.8 Å². The number of rotatable bonds is 3. The SMILES string of the molecule is CCCc1cnc(C)c(C)c1OC. The minimum Gasteiger partial charge on any atom is -0.496 e. The summed E-state index contributed by atoms with van der Waals surface area (Å²) in [6, 6.07) is 0. The summed E-state index contributed by atoms with van der Waals surface area (Å²) in [6.45, 7) is 6.22. The third kappa shape index (κ3) is 2.00. The van der Waals surface area contributed by atoms with Crippen molar-refractivity contribution in [2.45, 2.75) is 33.6 Å². The Morgan fingerprint density at radius 3 is 2.62 bits per heavy atom. The highest BCUT2D eigenvalue weighted by Crippen LogP contribution is 2.25. The lowest BCUT2D eigenvalue weighted by molar-refractivity contribution is 0.405. The number of hydrogen-bond donors (Lipinski definition) is 0. The third-order valence-electron chi connectivity index (χ3n) is 2.31. The van der Waals surface area contributed by atoms with Crippen LogP contribution in [-0.2, 0) is 6.42 Å². The van der Waals surface area contributed by atoms with Crippen LogP contribution in [0.1, 0.15) is 30.2 Å². The molecule has 0 aliphatic heterocycles. The normalized spacial score (nSPS) is 10.2. The van der Waals surface area contributed by atoms with Gasteiger partial charge in [-0.15, -0.1) is 0 Å². The maximum absolute atomic E-state index is 5.37. The second-order valence-electron chi connectivity index (χ2n) is 3.28. The maximum Gasteiger partial charge on any atom is 0.128 e. The summed E-state index contributed by atoms with van der Waals surface area (Å²) in [5.41, 5.74) is 3.43.